The molecular formula is C21H20NO2+. The first kappa shape index (κ1) is 15.9. The second-order valence-corrected chi connectivity index (χ2v) is 5.71. The maximum absolute atomic E-state index is 11.6. The molecule has 1 aromatic heterocycles. The fraction of sp³-hybridized carbons (Fsp3) is 0.143. The largest absolute Gasteiger partial charge is 0.496 e. The molecule has 3 aromatic rings. The number of hydrogen-bond acceptors (Lipinski definition) is 2. The van der Waals surface area contributed by atoms with E-state index in [0.29, 0.717) is 12.1 Å². The number of carbonyl (C=O) groups excluding carboxylic acids is 1. The summed E-state index contributed by atoms with van der Waals surface area (Å²) in [4.78, 5) is 11.6. The minimum Gasteiger partial charge on any atom is -0.496 e. The van der Waals surface area contributed by atoms with E-state index in [4.69, 9.17) is 4.74 Å². The Bertz CT molecular complexity index is 857. The molecule has 0 aliphatic rings. The van der Waals surface area contributed by atoms with Crippen LogP contribution in [0.4, 0.5) is 0 Å². The van der Waals surface area contributed by atoms with Gasteiger partial charge in [-0.25, -0.2) is 4.57 Å². The average molecular weight is 318 g/mol. The van der Waals surface area contributed by atoms with Gasteiger partial charge in [-0.15, -0.1) is 0 Å². The third-order valence-corrected chi connectivity index (χ3v) is 4.01. The van der Waals surface area contributed by atoms with Crippen LogP contribution in [0.5, 0.6) is 5.75 Å². The van der Waals surface area contributed by atoms with E-state index in [-0.39, 0.29) is 5.78 Å². The van der Waals surface area contributed by atoms with Crippen LogP contribution in [0.15, 0.2) is 73.1 Å². The van der Waals surface area contributed by atoms with Gasteiger partial charge < -0.3 is 4.74 Å². The van der Waals surface area contributed by atoms with Crippen molar-refractivity contribution in [3.05, 3.63) is 84.2 Å². The van der Waals surface area contributed by atoms with Crippen LogP contribution in [0.2, 0.25) is 0 Å². The zero-order chi connectivity index (χ0) is 16.9. The van der Waals surface area contributed by atoms with E-state index in [9.17, 15) is 4.79 Å². The van der Waals surface area contributed by atoms with Gasteiger partial charge in [0, 0.05) is 17.2 Å². The Morgan fingerprint density at radius 2 is 1.75 bits per heavy atom. The quantitative estimate of drug-likeness (QED) is 0.527. The SMILES string of the molecule is COc1ccc(C(C)=O)cc1C[n+]1cccc(-c2ccccc2)c1. The molecule has 3 nitrogen and oxygen atoms in total. The van der Waals surface area contributed by atoms with Gasteiger partial charge in [-0.1, -0.05) is 30.3 Å². The van der Waals surface area contributed by atoms with E-state index in [1.807, 2.05) is 42.6 Å². The van der Waals surface area contributed by atoms with Crippen molar-refractivity contribution in [1.29, 1.82) is 0 Å². The highest BCUT2D eigenvalue weighted by molar-refractivity contribution is 5.94. The van der Waals surface area contributed by atoms with Gasteiger partial charge >= 0.3 is 0 Å². The average Bonchev–Trinajstić information content (AvgIpc) is 2.62. The first-order chi connectivity index (χ1) is 11.7. The van der Waals surface area contributed by atoms with Crippen molar-refractivity contribution in [2.75, 3.05) is 7.11 Å². The molecule has 0 radical (unpaired) electrons. The highest BCUT2D eigenvalue weighted by atomic mass is 16.5. The third-order valence-electron chi connectivity index (χ3n) is 4.01. The second kappa shape index (κ2) is 7.09. The van der Waals surface area contributed by atoms with Crippen LogP contribution in [-0.4, -0.2) is 12.9 Å². The number of methoxy groups -OCH3 is 1. The van der Waals surface area contributed by atoms with E-state index in [0.717, 1.165) is 16.9 Å². The number of pyridine rings is 1. The van der Waals surface area contributed by atoms with Gasteiger partial charge in [0.25, 0.3) is 0 Å². The van der Waals surface area contributed by atoms with Gasteiger partial charge in [0.05, 0.1) is 12.7 Å². The van der Waals surface area contributed by atoms with Gasteiger partial charge in [-0.05, 0) is 36.8 Å². The predicted molar refractivity (Wildman–Crippen MR) is 94.2 cm³/mol. The van der Waals surface area contributed by atoms with Crippen LogP contribution in [0.25, 0.3) is 11.1 Å². The normalized spacial score (nSPS) is 10.4. The number of hydrogen-bond donors (Lipinski definition) is 0. The Balaban J connectivity index is 1.94. The van der Waals surface area contributed by atoms with Crippen molar-refractivity contribution < 1.29 is 14.1 Å². The van der Waals surface area contributed by atoms with Crippen LogP contribution in [0, 0.1) is 0 Å². The summed E-state index contributed by atoms with van der Waals surface area (Å²) in [5.41, 5.74) is 4.02. The number of carbonyl (C=O) groups is 1. The molecule has 0 unspecified atom stereocenters. The van der Waals surface area contributed by atoms with E-state index in [1.54, 1.807) is 20.1 Å². The summed E-state index contributed by atoms with van der Waals surface area (Å²) >= 11 is 0. The molecule has 24 heavy (non-hydrogen) atoms. The van der Waals surface area contributed by atoms with E-state index in [2.05, 4.69) is 29.0 Å². The van der Waals surface area contributed by atoms with Gasteiger partial charge in [0.2, 0.25) is 0 Å². The lowest BCUT2D eigenvalue weighted by Crippen LogP contribution is -2.33. The second-order valence-electron chi connectivity index (χ2n) is 5.71. The predicted octanol–water partition coefficient (Wildman–Crippen LogP) is 3.90. The number of ketones is 1. The minimum atomic E-state index is 0.0574. The molecule has 120 valence electrons. The molecule has 0 fully saturated rings. The molecule has 3 rings (SSSR count). The lowest BCUT2D eigenvalue weighted by Gasteiger charge is -2.08. The summed E-state index contributed by atoms with van der Waals surface area (Å²) < 4.78 is 7.54. The molecular weight excluding hydrogens is 298 g/mol. The van der Waals surface area contributed by atoms with Crippen LogP contribution < -0.4 is 9.30 Å². The van der Waals surface area contributed by atoms with Crippen molar-refractivity contribution in [3.8, 4) is 16.9 Å². The number of aromatic nitrogens is 1. The zero-order valence-corrected chi connectivity index (χ0v) is 13.9. The number of ether oxygens (including phenoxy) is 1. The van der Waals surface area contributed by atoms with E-state index in [1.165, 1.54) is 5.56 Å². The summed E-state index contributed by atoms with van der Waals surface area (Å²) in [5.74, 6) is 0.847. The van der Waals surface area contributed by atoms with E-state index >= 15 is 0 Å². The molecule has 0 atom stereocenters. The summed E-state index contributed by atoms with van der Waals surface area (Å²) in [6.07, 6.45) is 4.13. The molecule has 0 amide bonds. The number of rotatable bonds is 5. The third kappa shape index (κ3) is 3.51. The molecule has 1 heterocycles. The highest BCUT2D eigenvalue weighted by Gasteiger charge is 2.12. The van der Waals surface area contributed by atoms with Crippen molar-refractivity contribution in [1.82, 2.24) is 0 Å². The Labute approximate surface area is 142 Å². The van der Waals surface area contributed by atoms with Gasteiger partial charge in [-0.3, -0.25) is 4.79 Å². The minimum absolute atomic E-state index is 0.0574. The molecule has 0 spiro atoms. The van der Waals surface area contributed by atoms with Gasteiger partial charge in [0.1, 0.15) is 5.75 Å². The van der Waals surface area contributed by atoms with Gasteiger partial charge in [0.15, 0.2) is 24.7 Å². The zero-order valence-electron chi connectivity index (χ0n) is 13.9. The molecule has 0 bridgehead atoms. The summed E-state index contributed by atoms with van der Waals surface area (Å²) in [7, 11) is 1.65. The van der Waals surface area contributed by atoms with E-state index < -0.39 is 0 Å². The van der Waals surface area contributed by atoms with Crippen LogP contribution in [-0.2, 0) is 6.54 Å². The molecule has 3 heteroatoms. The fourth-order valence-electron chi connectivity index (χ4n) is 2.74. The molecule has 0 aliphatic carbocycles. The standard InChI is InChI=1S/C21H20NO2/c1-16(23)18-10-11-21(24-2)20(13-18)15-22-12-6-9-19(14-22)17-7-4-3-5-8-17/h3-14H,15H2,1-2H3/q+1. The fourth-order valence-corrected chi connectivity index (χ4v) is 2.74. The lowest BCUT2D eigenvalue weighted by atomic mass is 10.1. The summed E-state index contributed by atoms with van der Waals surface area (Å²) in [6, 6.07) is 20.0. The van der Waals surface area contributed by atoms with Crippen LogP contribution >= 0.6 is 0 Å². The Kier molecular flexibility index (Phi) is 4.71. The first-order valence-electron chi connectivity index (χ1n) is 7.90. The van der Waals surface area contributed by atoms with Crippen molar-refractivity contribution in [2.45, 2.75) is 13.5 Å². The van der Waals surface area contributed by atoms with Crippen molar-refractivity contribution in [2.24, 2.45) is 0 Å². The molecule has 0 N–H and O–H groups in total. The maximum Gasteiger partial charge on any atom is 0.177 e. The molecule has 0 aliphatic heterocycles. The highest BCUT2D eigenvalue weighted by Crippen LogP contribution is 2.21. The number of benzene rings is 2. The topological polar surface area (TPSA) is 30.2 Å². The number of Topliss-reactive ketones (excluding diaryl/α,β-unsaturated/α-hetero) is 1. The van der Waals surface area contributed by atoms with Crippen molar-refractivity contribution >= 4 is 5.78 Å². The Morgan fingerprint density at radius 1 is 1.00 bits per heavy atom. The smallest absolute Gasteiger partial charge is 0.177 e. The number of nitrogens with zero attached hydrogens (tertiary/aromatic N) is 1. The van der Waals surface area contributed by atoms with Crippen LogP contribution in [0.3, 0.4) is 0 Å². The summed E-state index contributed by atoms with van der Waals surface area (Å²) in [6.45, 7) is 2.22. The lowest BCUT2D eigenvalue weighted by molar-refractivity contribution is -0.687. The first-order valence-corrected chi connectivity index (χ1v) is 7.90. The van der Waals surface area contributed by atoms with Crippen molar-refractivity contribution in [3.63, 3.8) is 0 Å². The van der Waals surface area contributed by atoms with Gasteiger partial charge in [-0.2, -0.15) is 0 Å². The Hall–Kier alpha value is -2.94. The van der Waals surface area contributed by atoms with Crippen LogP contribution in [0.1, 0.15) is 22.8 Å². The maximum atomic E-state index is 11.6. The molecule has 0 saturated heterocycles. The molecule has 2 aromatic carbocycles. The monoisotopic (exact) mass is 318 g/mol. The summed E-state index contributed by atoms with van der Waals surface area (Å²) in [5, 5.41) is 0. The molecule has 0 saturated carbocycles. The Morgan fingerprint density at radius 3 is 2.46 bits per heavy atom.